The SMILES string of the molecule is Cn1c(CCc2ccc(C#N)cc2)nc2c(NS(=O)(=O)c3ccccc3)cccc21. The maximum atomic E-state index is 12.7. The molecule has 30 heavy (non-hydrogen) atoms. The van der Waals surface area contributed by atoms with Crippen molar-refractivity contribution in [2.24, 2.45) is 7.05 Å². The van der Waals surface area contributed by atoms with E-state index in [2.05, 4.69) is 10.8 Å². The molecule has 0 radical (unpaired) electrons. The number of benzene rings is 3. The van der Waals surface area contributed by atoms with E-state index in [-0.39, 0.29) is 4.90 Å². The first kappa shape index (κ1) is 19.7. The molecule has 150 valence electrons. The summed E-state index contributed by atoms with van der Waals surface area (Å²) in [5.41, 5.74) is 3.69. The monoisotopic (exact) mass is 416 g/mol. The third kappa shape index (κ3) is 3.91. The van der Waals surface area contributed by atoms with Crippen molar-refractivity contribution < 1.29 is 8.42 Å². The normalized spacial score (nSPS) is 11.3. The predicted molar refractivity (Wildman–Crippen MR) is 117 cm³/mol. The van der Waals surface area contributed by atoms with Gasteiger partial charge in [0.25, 0.3) is 10.0 Å². The standard InChI is InChI=1S/C23H20N4O2S/c1-27-21-9-5-8-20(26-30(28,29)19-6-3-2-4-7-19)23(21)25-22(27)15-14-17-10-12-18(16-24)13-11-17/h2-13,26H,14-15H2,1H3. The fourth-order valence-corrected chi connectivity index (χ4v) is 4.46. The van der Waals surface area contributed by atoms with Gasteiger partial charge >= 0.3 is 0 Å². The molecule has 0 spiro atoms. The van der Waals surface area contributed by atoms with Crippen LogP contribution in [0.5, 0.6) is 0 Å². The first-order valence-electron chi connectivity index (χ1n) is 9.49. The zero-order valence-corrected chi connectivity index (χ0v) is 17.2. The average molecular weight is 417 g/mol. The lowest BCUT2D eigenvalue weighted by Crippen LogP contribution is -2.13. The topological polar surface area (TPSA) is 87.8 Å². The van der Waals surface area contributed by atoms with Crippen LogP contribution in [-0.4, -0.2) is 18.0 Å². The van der Waals surface area contributed by atoms with Crippen LogP contribution in [0, 0.1) is 11.3 Å². The molecule has 6 nitrogen and oxygen atoms in total. The van der Waals surface area contributed by atoms with Crippen molar-refractivity contribution in [1.82, 2.24) is 9.55 Å². The molecule has 0 saturated heterocycles. The Hall–Kier alpha value is -3.63. The number of aryl methyl sites for hydroxylation is 3. The Morgan fingerprint density at radius 1 is 0.967 bits per heavy atom. The maximum absolute atomic E-state index is 12.7. The van der Waals surface area contributed by atoms with Crippen molar-refractivity contribution in [2.75, 3.05) is 4.72 Å². The third-order valence-corrected chi connectivity index (χ3v) is 6.40. The first-order chi connectivity index (χ1) is 14.5. The maximum Gasteiger partial charge on any atom is 0.261 e. The molecule has 3 aromatic carbocycles. The highest BCUT2D eigenvalue weighted by Gasteiger charge is 2.17. The Morgan fingerprint density at radius 3 is 2.40 bits per heavy atom. The molecule has 0 aliphatic rings. The van der Waals surface area contributed by atoms with Crippen LogP contribution >= 0.6 is 0 Å². The Labute approximate surface area is 175 Å². The largest absolute Gasteiger partial charge is 0.331 e. The number of anilines is 1. The number of hydrogen-bond donors (Lipinski definition) is 1. The molecule has 0 aliphatic carbocycles. The van der Waals surface area contributed by atoms with Gasteiger partial charge in [0.15, 0.2) is 0 Å². The van der Waals surface area contributed by atoms with Gasteiger partial charge in [0, 0.05) is 13.5 Å². The van der Waals surface area contributed by atoms with Gasteiger partial charge < -0.3 is 4.57 Å². The summed E-state index contributed by atoms with van der Waals surface area (Å²) >= 11 is 0. The molecule has 0 unspecified atom stereocenters. The second-order valence-electron chi connectivity index (χ2n) is 6.99. The van der Waals surface area contributed by atoms with E-state index in [9.17, 15) is 8.42 Å². The number of nitrogens with one attached hydrogen (secondary N) is 1. The van der Waals surface area contributed by atoms with E-state index in [4.69, 9.17) is 10.2 Å². The lowest BCUT2D eigenvalue weighted by Gasteiger charge is -2.08. The highest BCUT2D eigenvalue weighted by Crippen LogP contribution is 2.26. The Morgan fingerprint density at radius 2 is 1.70 bits per heavy atom. The minimum Gasteiger partial charge on any atom is -0.331 e. The zero-order valence-electron chi connectivity index (χ0n) is 16.4. The van der Waals surface area contributed by atoms with Crippen LogP contribution in [0.4, 0.5) is 5.69 Å². The number of rotatable bonds is 6. The summed E-state index contributed by atoms with van der Waals surface area (Å²) in [7, 11) is -1.77. The van der Waals surface area contributed by atoms with Gasteiger partial charge in [-0.1, -0.05) is 36.4 Å². The Balaban J connectivity index is 1.61. The lowest BCUT2D eigenvalue weighted by molar-refractivity contribution is 0.601. The van der Waals surface area contributed by atoms with E-state index in [1.165, 1.54) is 0 Å². The third-order valence-electron chi connectivity index (χ3n) is 5.02. The molecule has 7 heteroatoms. The molecule has 1 N–H and O–H groups in total. The highest BCUT2D eigenvalue weighted by molar-refractivity contribution is 7.92. The van der Waals surface area contributed by atoms with Crippen molar-refractivity contribution in [2.45, 2.75) is 17.7 Å². The Kier molecular flexibility index (Phi) is 5.25. The second kappa shape index (κ2) is 8.01. The van der Waals surface area contributed by atoms with Crippen LogP contribution in [0.1, 0.15) is 17.0 Å². The number of para-hydroxylation sites is 1. The van der Waals surface area contributed by atoms with Crippen LogP contribution in [0.25, 0.3) is 11.0 Å². The van der Waals surface area contributed by atoms with Gasteiger partial charge in [-0.05, 0) is 48.4 Å². The van der Waals surface area contributed by atoms with Crippen LogP contribution in [0.3, 0.4) is 0 Å². The van der Waals surface area contributed by atoms with Crippen molar-refractivity contribution >= 4 is 26.7 Å². The lowest BCUT2D eigenvalue weighted by atomic mass is 10.1. The van der Waals surface area contributed by atoms with Gasteiger partial charge in [0.2, 0.25) is 0 Å². The number of hydrogen-bond acceptors (Lipinski definition) is 4. The molecule has 0 amide bonds. The Bertz CT molecular complexity index is 1340. The molecule has 4 rings (SSSR count). The van der Waals surface area contributed by atoms with Gasteiger partial charge in [-0.3, -0.25) is 4.72 Å². The predicted octanol–water partition coefficient (Wildman–Crippen LogP) is 4.03. The summed E-state index contributed by atoms with van der Waals surface area (Å²) in [5, 5.41) is 8.92. The summed E-state index contributed by atoms with van der Waals surface area (Å²) in [4.78, 5) is 4.93. The van der Waals surface area contributed by atoms with E-state index >= 15 is 0 Å². The number of fused-ring (bicyclic) bond motifs is 1. The second-order valence-corrected chi connectivity index (χ2v) is 8.67. The van der Waals surface area contributed by atoms with Gasteiger partial charge in [-0.2, -0.15) is 5.26 Å². The van der Waals surface area contributed by atoms with Gasteiger partial charge in [-0.25, -0.2) is 13.4 Å². The van der Waals surface area contributed by atoms with Crippen LogP contribution in [-0.2, 0) is 29.9 Å². The summed E-state index contributed by atoms with van der Waals surface area (Å²) in [5.74, 6) is 0.862. The molecule has 1 heterocycles. The van der Waals surface area contributed by atoms with Gasteiger partial charge in [0.1, 0.15) is 11.3 Å². The number of nitriles is 1. The molecular formula is C23H20N4O2S. The molecule has 0 atom stereocenters. The number of imidazole rings is 1. The summed E-state index contributed by atoms with van der Waals surface area (Å²) in [6.07, 6.45) is 1.47. The van der Waals surface area contributed by atoms with Crippen LogP contribution in [0.15, 0.2) is 77.7 Å². The van der Waals surface area contributed by atoms with E-state index < -0.39 is 10.0 Å². The average Bonchev–Trinajstić information content (AvgIpc) is 3.10. The fraction of sp³-hybridized carbons (Fsp3) is 0.130. The van der Waals surface area contributed by atoms with Gasteiger partial charge in [0.05, 0.1) is 27.7 Å². The molecular weight excluding hydrogens is 396 g/mol. The molecule has 0 bridgehead atoms. The zero-order chi connectivity index (χ0) is 21.1. The van der Waals surface area contributed by atoms with Crippen molar-refractivity contribution in [3.8, 4) is 6.07 Å². The van der Waals surface area contributed by atoms with Gasteiger partial charge in [-0.15, -0.1) is 0 Å². The van der Waals surface area contributed by atoms with E-state index in [1.54, 1.807) is 48.5 Å². The smallest absolute Gasteiger partial charge is 0.261 e. The molecule has 1 aromatic heterocycles. The number of aromatic nitrogens is 2. The molecule has 0 aliphatic heterocycles. The molecule has 4 aromatic rings. The summed E-state index contributed by atoms with van der Waals surface area (Å²) in [6, 6.07) is 23.4. The minimum atomic E-state index is -3.70. The summed E-state index contributed by atoms with van der Waals surface area (Å²) < 4.78 is 30.1. The van der Waals surface area contributed by atoms with Crippen molar-refractivity contribution in [3.63, 3.8) is 0 Å². The number of sulfonamides is 1. The van der Waals surface area contributed by atoms with E-state index in [0.29, 0.717) is 23.2 Å². The highest BCUT2D eigenvalue weighted by atomic mass is 32.2. The quantitative estimate of drug-likeness (QED) is 0.514. The van der Waals surface area contributed by atoms with Crippen LogP contribution < -0.4 is 4.72 Å². The number of nitrogens with zero attached hydrogens (tertiary/aromatic N) is 3. The molecule has 0 fully saturated rings. The minimum absolute atomic E-state index is 0.207. The fourth-order valence-electron chi connectivity index (χ4n) is 3.37. The summed E-state index contributed by atoms with van der Waals surface area (Å²) in [6.45, 7) is 0. The van der Waals surface area contributed by atoms with E-state index in [0.717, 1.165) is 23.3 Å². The first-order valence-corrected chi connectivity index (χ1v) is 11.0. The van der Waals surface area contributed by atoms with Crippen molar-refractivity contribution in [3.05, 3.63) is 89.7 Å². The van der Waals surface area contributed by atoms with Crippen molar-refractivity contribution in [1.29, 1.82) is 5.26 Å². The van der Waals surface area contributed by atoms with E-state index in [1.807, 2.05) is 35.9 Å². The molecule has 0 saturated carbocycles. The van der Waals surface area contributed by atoms with Crippen LogP contribution in [0.2, 0.25) is 0 Å².